The molecular formula is C24H24N2O4S. The summed E-state index contributed by atoms with van der Waals surface area (Å²) in [6, 6.07) is 21.4. The van der Waals surface area contributed by atoms with E-state index in [1.165, 1.54) is 4.31 Å². The van der Waals surface area contributed by atoms with Crippen LogP contribution in [0.5, 0.6) is 5.75 Å². The number of carbonyl (C=O) groups is 1. The molecule has 0 aromatic heterocycles. The van der Waals surface area contributed by atoms with Gasteiger partial charge < -0.3 is 10.1 Å². The first kappa shape index (κ1) is 20.9. The molecule has 31 heavy (non-hydrogen) atoms. The van der Waals surface area contributed by atoms with Crippen molar-refractivity contribution in [3.05, 3.63) is 89.5 Å². The predicted octanol–water partition coefficient (Wildman–Crippen LogP) is 3.58. The summed E-state index contributed by atoms with van der Waals surface area (Å²) in [5, 5.41) is 2.86. The van der Waals surface area contributed by atoms with Gasteiger partial charge >= 0.3 is 0 Å². The van der Waals surface area contributed by atoms with Gasteiger partial charge in [0.05, 0.1) is 17.1 Å². The smallest absolute Gasteiger partial charge is 0.264 e. The molecular weight excluding hydrogens is 412 g/mol. The van der Waals surface area contributed by atoms with Gasteiger partial charge in [0.2, 0.25) is 0 Å². The molecule has 7 heteroatoms. The third-order valence-corrected chi connectivity index (χ3v) is 6.98. The maximum atomic E-state index is 13.4. The number of aryl methyl sites for hydroxylation is 2. The molecule has 3 aromatic rings. The van der Waals surface area contributed by atoms with Crippen LogP contribution in [0.15, 0.2) is 77.7 Å². The topological polar surface area (TPSA) is 75.7 Å². The van der Waals surface area contributed by atoms with Crippen LogP contribution in [0.4, 0.5) is 5.69 Å². The van der Waals surface area contributed by atoms with Gasteiger partial charge in [-0.1, -0.05) is 59.7 Å². The van der Waals surface area contributed by atoms with Gasteiger partial charge in [0.15, 0.2) is 6.10 Å². The minimum Gasteiger partial charge on any atom is -0.476 e. The Labute approximate surface area is 182 Å². The van der Waals surface area contributed by atoms with Crippen molar-refractivity contribution in [3.8, 4) is 5.75 Å². The lowest BCUT2D eigenvalue weighted by atomic mass is 10.1. The van der Waals surface area contributed by atoms with Crippen LogP contribution >= 0.6 is 0 Å². The Hall–Kier alpha value is -3.32. The molecule has 0 spiro atoms. The average Bonchev–Trinajstić information content (AvgIpc) is 2.77. The Morgan fingerprint density at radius 1 is 1.00 bits per heavy atom. The zero-order chi connectivity index (χ0) is 22.0. The third-order valence-electron chi connectivity index (χ3n) is 5.19. The third kappa shape index (κ3) is 4.41. The van der Waals surface area contributed by atoms with E-state index < -0.39 is 16.1 Å². The lowest BCUT2D eigenvalue weighted by Crippen LogP contribution is -2.50. The van der Waals surface area contributed by atoms with Gasteiger partial charge in [-0.15, -0.1) is 0 Å². The van der Waals surface area contributed by atoms with E-state index >= 15 is 0 Å². The van der Waals surface area contributed by atoms with Crippen LogP contribution in [0.1, 0.15) is 16.7 Å². The largest absolute Gasteiger partial charge is 0.476 e. The second kappa shape index (κ2) is 8.43. The zero-order valence-corrected chi connectivity index (χ0v) is 18.2. The molecule has 0 unspecified atom stereocenters. The molecule has 0 saturated carbocycles. The Morgan fingerprint density at radius 2 is 1.74 bits per heavy atom. The first-order valence-corrected chi connectivity index (χ1v) is 11.5. The van der Waals surface area contributed by atoms with Crippen molar-refractivity contribution in [3.63, 3.8) is 0 Å². The van der Waals surface area contributed by atoms with Crippen LogP contribution < -0.4 is 14.4 Å². The van der Waals surface area contributed by atoms with Gasteiger partial charge in [-0.2, -0.15) is 0 Å². The van der Waals surface area contributed by atoms with Gasteiger partial charge in [0.1, 0.15) is 5.75 Å². The Kier molecular flexibility index (Phi) is 5.69. The number of anilines is 1. The maximum Gasteiger partial charge on any atom is 0.264 e. The van der Waals surface area contributed by atoms with Crippen molar-refractivity contribution in [2.24, 2.45) is 0 Å². The summed E-state index contributed by atoms with van der Waals surface area (Å²) in [5.41, 5.74) is 3.46. The summed E-state index contributed by atoms with van der Waals surface area (Å²) in [6.45, 7) is 4.12. The number of sulfonamides is 1. The van der Waals surface area contributed by atoms with Crippen LogP contribution in [0.2, 0.25) is 0 Å². The number of fused-ring (bicyclic) bond motifs is 1. The maximum absolute atomic E-state index is 13.4. The molecule has 1 amide bonds. The lowest BCUT2D eigenvalue weighted by Gasteiger charge is -2.34. The lowest BCUT2D eigenvalue weighted by molar-refractivity contribution is -0.127. The molecule has 0 fully saturated rings. The van der Waals surface area contributed by atoms with Crippen molar-refractivity contribution in [2.45, 2.75) is 31.4 Å². The van der Waals surface area contributed by atoms with Crippen molar-refractivity contribution < 1.29 is 17.9 Å². The van der Waals surface area contributed by atoms with Crippen LogP contribution in [0.3, 0.4) is 0 Å². The Morgan fingerprint density at radius 3 is 2.48 bits per heavy atom. The van der Waals surface area contributed by atoms with Crippen molar-refractivity contribution in [1.82, 2.24) is 5.32 Å². The van der Waals surface area contributed by atoms with Gasteiger partial charge in [0, 0.05) is 6.54 Å². The molecule has 160 valence electrons. The molecule has 0 aliphatic carbocycles. The molecule has 0 radical (unpaired) electrons. The first-order chi connectivity index (χ1) is 14.8. The number of nitrogens with zero attached hydrogens (tertiary/aromatic N) is 1. The molecule has 1 heterocycles. The fourth-order valence-corrected chi connectivity index (χ4v) is 5.00. The fraction of sp³-hybridized carbons (Fsp3) is 0.208. The normalized spacial score (nSPS) is 15.7. The molecule has 1 atom stereocenters. The molecule has 1 N–H and O–H groups in total. The molecule has 1 aliphatic heterocycles. The Balaban J connectivity index is 1.59. The summed E-state index contributed by atoms with van der Waals surface area (Å²) >= 11 is 0. The van der Waals surface area contributed by atoms with E-state index in [0.29, 0.717) is 18.0 Å². The summed E-state index contributed by atoms with van der Waals surface area (Å²) in [5.74, 6) is 0.000238. The highest BCUT2D eigenvalue weighted by molar-refractivity contribution is 7.92. The number of benzene rings is 3. The molecule has 4 rings (SSSR count). The summed E-state index contributed by atoms with van der Waals surface area (Å²) < 4.78 is 33.9. The SMILES string of the molecule is Cc1ccc(S(=O)(=O)N2C[C@H](C(=O)NCc3cccc(C)c3)Oc3ccccc32)cc1. The summed E-state index contributed by atoms with van der Waals surface area (Å²) in [4.78, 5) is 13.0. The van der Waals surface area contributed by atoms with E-state index in [1.54, 1.807) is 48.5 Å². The van der Waals surface area contributed by atoms with Crippen molar-refractivity contribution >= 4 is 21.6 Å². The molecule has 3 aromatic carbocycles. The number of rotatable bonds is 5. The van der Waals surface area contributed by atoms with Gasteiger partial charge in [0.25, 0.3) is 15.9 Å². The first-order valence-electron chi connectivity index (χ1n) is 10.0. The number of nitrogens with one attached hydrogen (secondary N) is 1. The second-order valence-corrected chi connectivity index (χ2v) is 9.49. The highest BCUT2D eigenvalue weighted by Crippen LogP contribution is 2.36. The van der Waals surface area contributed by atoms with Gasteiger partial charge in [-0.25, -0.2) is 8.42 Å². The monoisotopic (exact) mass is 436 g/mol. The second-order valence-electron chi connectivity index (χ2n) is 7.63. The van der Waals surface area contributed by atoms with E-state index in [2.05, 4.69) is 5.32 Å². The van der Waals surface area contributed by atoms with Gasteiger partial charge in [-0.3, -0.25) is 9.10 Å². The molecule has 0 bridgehead atoms. The number of hydrogen-bond donors (Lipinski definition) is 1. The van der Waals surface area contributed by atoms with Crippen LogP contribution in [-0.4, -0.2) is 27.0 Å². The zero-order valence-electron chi connectivity index (χ0n) is 17.4. The quantitative estimate of drug-likeness (QED) is 0.663. The highest BCUT2D eigenvalue weighted by Gasteiger charge is 2.37. The minimum absolute atomic E-state index is 0.104. The fourth-order valence-electron chi connectivity index (χ4n) is 3.53. The van der Waals surface area contributed by atoms with E-state index in [4.69, 9.17) is 4.74 Å². The number of hydrogen-bond acceptors (Lipinski definition) is 4. The van der Waals surface area contributed by atoms with E-state index in [0.717, 1.165) is 16.7 Å². The Bertz CT molecular complexity index is 1210. The van der Waals surface area contributed by atoms with E-state index in [1.807, 2.05) is 38.1 Å². The molecule has 1 aliphatic rings. The number of para-hydroxylation sites is 2. The number of amides is 1. The van der Waals surface area contributed by atoms with Gasteiger partial charge in [-0.05, 0) is 43.7 Å². The molecule has 6 nitrogen and oxygen atoms in total. The number of ether oxygens (including phenoxy) is 1. The predicted molar refractivity (Wildman–Crippen MR) is 120 cm³/mol. The minimum atomic E-state index is -3.86. The van der Waals surface area contributed by atoms with Crippen LogP contribution in [0.25, 0.3) is 0 Å². The van der Waals surface area contributed by atoms with E-state index in [-0.39, 0.29) is 17.3 Å². The van der Waals surface area contributed by atoms with E-state index in [9.17, 15) is 13.2 Å². The summed E-state index contributed by atoms with van der Waals surface area (Å²) in [6.07, 6.45) is -0.958. The average molecular weight is 437 g/mol. The van der Waals surface area contributed by atoms with Crippen LogP contribution in [-0.2, 0) is 21.4 Å². The van der Waals surface area contributed by atoms with Crippen molar-refractivity contribution in [1.29, 1.82) is 0 Å². The summed E-state index contributed by atoms with van der Waals surface area (Å²) in [7, 11) is -3.86. The highest BCUT2D eigenvalue weighted by atomic mass is 32.2. The van der Waals surface area contributed by atoms with Crippen molar-refractivity contribution in [2.75, 3.05) is 10.8 Å². The molecule has 0 saturated heterocycles. The standard InChI is InChI=1S/C24H24N2O4S/c1-17-10-12-20(13-11-17)31(28,29)26-16-23(30-22-9-4-3-8-21(22)26)24(27)25-15-19-7-5-6-18(2)14-19/h3-14,23H,15-16H2,1-2H3,(H,25,27)/t23-/m1/s1. The number of carbonyl (C=O) groups excluding carboxylic acids is 1. The van der Waals surface area contributed by atoms with Crippen LogP contribution in [0, 0.1) is 13.8 Å².